The van der Waals surface area contributed by atoms with Crippen molar-refractivity contribution in [3.05, 3.63) is 29.8 Å². The third kappa shape index (κ3) is 10.0. The van der Waals surface area contributed by atoms with Gasteiger partial charge in [-0.2, -0.15) is 0 Å². The molecule has 1 saturated heterocycles. The van der Waals surface area contributed by atoms with Crippen LogP contribution in [0.25, 0.3) is 0 Å². The number of phenols is 1. The van der Waals surface area contributed by atoms with Gasteiger partial charge in [0.05, 0.1) is 18.8 Å². The summed E-state index contributed by atoms with van der Waals surface area (Å²) < 4.78 is 5.22. The quantitative estimate of drug-likeness (QED) is 0.125. The molecule has 0 spiro atoms. The van der Waals surface area contributed by atoms with Crippen molar-refractivity contribution in [1.29, 1.82) is 0 Å². The molecule has 1 aromatic carbocycles. The van der Waals surface area contributed by atoms with Gasteiger partial charge < -0.3 is 30.7 Å². The number of hydrogen-bond acceptors (Lipinski definition) is 9. The molecule has 9 nitrogen and oxygen atoms in total. The summed E-state index contributed by atoms with van der Waals surface area (Å²) in [6, 6.07) is 4.79. The average molecular weight is 557 g/mol. The maximum atomic E-state index is 13.0. The summed E-state index contributed by atoms with van der Waals surface area (Å²) in [5.74, 6) is -1.12. The van der Waals surface area contributed by atoms with Crippen LogP contribution in [0.5, 0.6) is 5.75 Å². The van der Waals surface area contributed by atoms with Crippen LogP contribution >= 0.6 is 21.6 Å². The van der Waals surface area contributed by atoms with Crippen molar-refractivity contribution in [3.63, 3.8) is 0 Å². The Hall–Kier alpha value is -1.95. The summed E-state index contributed by atoms with van der Waals surface area (Å²) in [5, 5.41) is 35.0. The Morgan fingerprint density at radius 2 is 1.86 bits per heavy atom. The Labute approximate surface area is 226 Å². The first-order valence-electron chi connectivity index (χ1n) is 12.6. The number of phenolic OH excluding ortho intramolecular Hbond substituents is 1. The lowest BCUT2D eigenvalue weighted by atomic mass is 9.75. The predicted molar refractivity (Wildman–Crippen MR) is 146 cm³/mol. The van der Waals surface area contributed by atoms with E-state index in [0.717, 1.165) is 19.3 Å². The molecule has 0 saturated carbocycles. The molecule has 1 aromatic rings. The Balaban J connectivity index is 2.01. The van der Waals surface area contributed by atoms with Crippen molar-refractivity contribution in [2.75, 3.05) is 25.5 Å². The number of carbonyl (C=O) groups is 3. The predicted octanol–water partition coefficient (Wildman–Crippen LogP) is 2.88. The van der Waals surface area contributed by atoms with Crippen LogP contribution in [-0.4, -0.2) is 76.0 Å². The number of amides is 2. The van der Waals surface area contributed by atoms with Crippen molar-refractivity contribution in [2.45, 2.75) is 70.3 Å². The molecule has 2 rings (SSSR count). The van der Waals surface area contributed by atoms with Crippen LogP contribution in [0.3, 0.4) is 0 Å². The van der Waals surface area contributed by atoms with E-state index in [1.165, 1.54) is 24.3 Å². The molecule has 1 heterocycles. The molecule has 37 heavy (non-hydrogen) atoms. The molecule has 1 fully saturated rings. The second-order valence-corrected chi connectivity index (χ2v) is 12.8. The molecule has 2 amide bonds. The smallest absolute Gasteiger partial charge is 0.329 e. The summed E-state index contributed by atoms with van der Waals surface area (Å²) in [5.41, 5.74) is -0.647. The second-order valence-electron chi connectivity index (χ2n) is 10.0. The van der Waals surface area contributed by atoms with Crippen molar-refractivity contribution in [1.82, 2.24) is 10.6 Å². The van der Waals surface area contributed by atoms with Gasteiger partial charge in [-0.3, -0.25) is 9.59 Å². The van der Waals surface area contributed by atoms with E-state index in [9.17, 15) is 29.7 Å². The Morgan fingerprint density at radius 1 is 1.16 bits per heavy atom. The lowest BCUT2D eigenvalue weighted by molar-refractivity contribution is -0.158. The lowest BCUT2D eigenvalue weighted by Crippen LogP contribution is -2.53. The summed E-state index contributed by atoms with van der Waals surface area (Å²) in [4.78, 5) is 38.4. The van der Waals surface area contributed by atoms with E-state index in [4.69, 9.17) is 4.74 Å². The van der Waals surface area contributed by atoms with Crippen LogP contribution in [-0.2, 0) is 14.3 Å². The number of aromatic hydroxyl groups is 1. The molecule has 208 valence electrons. The van der Waals surface area contributed by atoms with Gasteiger partial charge in [-0.25, -0.2) is 4.79 Å². The van der Waals surface area contributed by atoms with Gasteiger partial charge in [0.25, 0.3) is 5.91 Å². The number of esters is 1. The normalized spacial score (nSPS) is 17.3. The fourth-order valence-electron chi connectivity index (χ4n) is 3.89. The van der Waals surface area contributed by atoms with Gasteiger partial charge in [-0.15, -0.1) is 0 Å². The SMILES string of the molecule is CC(C(NC(=O)c1ccccc1O)C(=O)OC(CO)CO)C(C)(C)CNC(=O)CCCCC1CCSS1. The zero-order valence-electron chi connectivity index (χ0n) is 21.8. The highest BCUT2D eigenvalue weighted by Gasteiger charge is 2.39. The number of benzene rings is 1. The van der Waals surface area contributed by atoms with Crippen molar-refractivity contribution in [3.8, 4) is 5.75 Å². The summed E-state index contributed by atoms with van der Waals surface area (Å²) >= 11 is 0. The Kier molecular flexibility index (Phi) is 13.1. The minimum atomic E-state index is -1.17. The summed E-state index contributed by atoms with van der Waals surface area (Å²) in [6.45, 7) is 4.61. The van der Waals surface area contributed by atoms with Gasteiger partial charge in [0.2, 0.25) is 5.91 Å². The van der Waals surface area contributed by atoms with E-state index in [0.29, 0.717) is 11.7 Å². The van der Waals surface area contributed by atoms with Crippen molar-refractivity contribution in [2.24, 2.45) is 11.3 Å². The highest BCUT2D eigenvalue weighted by molar-refractivity contribution is 8.77. The molecule has 0 aromatic heterocycles. The molecule has 1 aliphatic rings. The molecule has 0 aliphatic carbocycles. The molecular formula is C26H40N2O7S2. The van der Waals surface area contributed by atoms with Crippen LogP contribution in [0.15, 0.2) is 24.3 Å². The van der Waals surface area contributed by atoms with Gasteiger partial charge in [-0.05, 0) is 42.7 Å². The summed E-state index contributed by atoms with van der Waals surface area (Å²) in [7, 11) is 3.85. The maximum absolute atomic E-state index is 13.0. The Bertz CT molecular complexity index is 889. The number of aliphatic hydroxyl groups is 2. The minimum absolute atomic E-state index is 0.00549. The van der Waals surface area contributed by atoms with Crippen LogP contribution in [0.2, 0.25) is 0 Å². The maximum Gasteiger partial charge on any atom is 0.329 e. The molecule has 1 aliphatic heterocycles. The monoisotopic (exact) mass is 556 g/mol. The van der Waals surface area contributed by atoms with E-state index in [-0.39, 0.29) is 23.8 Å². The molecule has 0 radical (unpaired) electrons. The highest BCUT2D eigenvalue weighted by Crippen LogP contribution is 2.40. The number of hydrogen-bond donors (Lipinski definition) is 5. The van der Waals surface area contributed by atoms with Gasteiger partial charge in [0, 0.05) is 24.0 Å². The number of unbranched alkanes of at least 4 members (excludes halogenated alkanes) is 1. The van der Waals surface area contributed by atoms with Crippen LogP contribution in [0.4, 0.5) is 0 Å². The Morgan fingerprint density at radius 3 is 2.49 bits per heavy atom. The van der Waals surface area contributed by atoms with E-state index in [1.54, 1.807) is 19.1 Å². The number of ether oxygens (including phenoxy) is 1. The van der Waals surface area contributed by atoms with Crippen molar-refractivity contribution >= 4 is 39.4 Å². The third-order valence-corrected chi connectivity index (χ3v) is 9.77. The fourth-order valence-corrected chi connectivity index (χ4v) is 6.92. The van der Waals surface area contributed by atoms with E-state index >= 15 is 0 Å². The average Bonchev–Trinajstić information content (AvgIpc) is 3.40. The number of carbonyl (C=O) groups excluding carboxylic acids is 3. The first kappa shape index (κ1) is 31.3. The lowest BCUT2D eigenvalue weighted by Gasteiger charge is -2.37. The van der Waals surface area contributed by atoms with Gasteiger partial charge in [0.15, 0.2) is 0 Å². The molecule has 0 bridgehead atoms. The zero-order valence-corrected chi connectivity index (χ0v) is 23.4. The largest absolute Gasteiger partial charge is 0.507 e. The zero-order chi connectivity index (χ0) is 27.4. The second kappa shape index (κ2) is 15.5. The third-order valence-electron chi connectivity index (χ3n) is 6.76. The van der Waals surface area contributed by atoms with Gasteiger partial charge in [0.1, 0.15) is 17.9 Å². The van der Waals surface area contributed by atoms with E-state index in [2.05, 4.69) is 10.6 Å². The highest BCUT2D eigenvalue weighted by atomic mass is 33.1. The van der Waals surface area contributed by atoms with Gasteiger partial charge in [-0.1, -0.05) is 60.9 Å². The van der Waals surface area contributed by atoms with Crippen molar-refractivity contribution < 1.29 is 34.4 Å². The van der Waals surface area contributed by atoms with Crippen LogP contribution in [0, 0.1) is 11.3 Å². The minimum Gasteiger partial charge on any atom is -0.507 e. The van der Waals surface area contributed by atoms with Gasteiger partial charge >= 0.3 is 5.97 Å². The summed E-state index contributed by atoms with van der Waals surface area (Å²) in [6.07, 6.45) is 3.48. The van der Waals surface area contributed by atoms with E-state index in [1.807, 2.05) is 35.4 Å². The number of nitrogens with one attached hydrogen (secondary N) is 2. The number of aliphatic hydroxyl groups excluding tert-OH is 2. The standard InChI is InChI=1S/C26H40N2O7S2/c1-17(26(2,3)16-27-22(32)11-7-4-8-19-12-13-36-37-19)23(25(34)35-18(14-29)15-30)28-24(33)20-9-5-6-10-21(20)31/h5-6,9-10,17-19,23,29-31H,4,7-8,11-16H2,1-3H3,(H,27,32)(H,28,33). The van der Waals surface area contributed by atoms with E-state index < -0.39 is 48.6 Å². The molecule has 3 unspecified atom stereocenters. The molecule has 5 N–H and O–H groups in total. The number of rotatable bonds is 15. The fraction of sp³-hybridized carbons (Fsp3) is 0.654. The number of para-hydroxylation sites is 1. The topological polar surface area (TPSA) is 145 Å². The van der Waals surface area contributed by atoms with Crippen LogP contribution in [0.1, 0.15) is 63.2 Å². The van der Waals surface area contributed by atoms with Crippen LogP contribution < -0.4 is 10.6 Å². The first-order valence-corrected chi connectivity index (χ1v) is 15.0. The molecular weight excluding hydrogens is 516 g/mol. The molecule has 3 atom stereocenters. The molecule has 11 heteroatoms. The first-order chi connectivity index (χ1) is 17.6.